The SMILES string of the molecule is O=C(O)c1ncc(OC(F)(F)F)c(F)c1[N+](=O)[O-]. The van der Waals surface area contributed by atoms with Crippen LogP contribution in [0, 0.1) is 15.9 Å². The molecule has 1 rings (SSSR count). The molecule has 1 heterocycles. The van der Waals surface area contributed by atoms with Gasteiger partial charge in [-0.25, -0.2) is 9.78 Å². The first-order valence-electron chi connectivity index (χ1n) is 3.95. The summed E-state index contributed by atoms with van der Waals surface area (Å²) in [5.74, 6) is -5.61. The molecule has 0 radical (unpaired) electrons. The fraction of sp³-hybridized carbons (Fsp3) is 0.143. The number of hydrogen-bond acceptors (Lipinski definition) is 5. The van der Waals surface area contributed by atoms with Crippen molar-refractivity contribution < 1.29 is 37.1 Å². The number of aromatic nitrogens is 1. The number of hydrogen-bond donors (Lipinski definition) is 1. The third kappa shape index (κ3) is 2.81. The Kier molecular flexibility index (Phi) is 3.35. The van der Waals surface area contributed by atoms with Crippen LogP contribution in [0.25, 0.3) is 0 Å². The predicted molar refractivity (Wildman–Crippen MR) is 44.5 cm³/mol. The summed E-state index contributed by atoms with van der Waals surface area (Å²) >= 11 is 0. The topological polar surface area (TPSA) is 103 Å². The maximum absolute atomic E-state index is 13.3. The van der Waals surface area contributed by atoms with Gasteiger partial charge >= 0.3 is 18.0 Å². The third-order valence-electron chi connectivity index (χ3n) is 1.57. The van der Waals surface area contributed by atoms with Crippen molar-refractivity contribution in [2.75, 3.05) is 0 Å². The fourth-order valence-electron chi connectivity index (χ4n) is 0.981. The Morgan fingerprint density at radius 2 is 2.06 bits per heavy atom. The third-order valence-corrected chi connectivity index (χ3v) is 1.57. The number of carboxylic acids is 1. The first-order chi connectivity index (χ1) is 8.13. The molecule has 0 unspecified atom stereocenters. The van der Waals surface area contributed by atoms with Crippen LogP contribution in [0.3, 0.4) is 0 Å². The van der Waals surface area contributed by atoms with Crippen LogP contribution in [0.1, 0.15) is 10.5 Å². The highest BCUT2D eigenvalue weighted by atomic mass is 19.4. The van der Waals surface area contributed by atoms with Gasteiger partial charge in [-0.15, -0.1) is 13.2 Å². The van der Waals surface area contributed by atoms with Crippen LogP contribution in [0.4, 0.5) is 23.2 Å². The monoisotopic (exact) mass is 270 g/mol. The predicted octanol–water partition coefficient (Wildman–Crippen LogP) is 1.73. The molecule has 98 valence electrons. The van der Waals surface area contributed by atoms with Crippen molar-refractivity contribution in [3.63, 3.8) is 0 Å². The summed E-state index contributed by atoms with van der Waals surface area (Å²) in [7, 11) is 0. The van der Waals surface area contributed by atoms with Crippen LogP contribution in [0.15, 0.2) is 6.20 Å². The smallest absolute Gasteiger partial charge is 0.476 e. The number of nitro groups is 1. The Balaban J connectivity index is 3.40. The highest BCUT2D eigenvalue weighted by molar-refractivity contribution is 5.90. The van der Waals surface area contributed by atoms with Crippen LogP contribution >= 0.6 is 0 Å². The lowest BCUT2D eigenvalue weighted by atomic mass is 10.3. The lowest BCUT2D eigenvalue weighted by Gasteiger charge is -2.09. The normalized spacial score (nSPS) is 11.1. The van der Waals surface area contributed by atoms with E-state index in [9.17, 15) is 32.5 Å². The number of nitrogens with zero attached hydrogens (tertiary/aromatic N) is 2. The molecule has 1 aromatic rings. The largest absolute Gasteiger partial charge is 0.573 e. The molecule has 0 atom stereocenters. The first-order valence-corrected chi connectivity index (χ1v) is 3.95. The molecule has 18 heavy (non-hydrogen) atoms. The minimum absolute atomic E-state index is 0.0965. The molecule has 1 N–H and O–H groups in total. The Bertz CT molecular complexity index is 515. The molecule has 0 aliphatic carbocycles. The summed E-state index contributed by atoms with van der Waals surface area (Å²) in [5.41, 5.74) is -3.03. The first kappa shape index (κ1) is 13.6. The van der Waals surface area contributed by atoms with Gasteiger partial charge < -0.3 is 9.84 Å². The molecule has 0 fully saturated rings. The summed E-state index contributed by atoms with van der Waals surface area (Å²) in [6, 6.07) is 0. The average Bonchev–Trinajstić information content (AvgIpc) is 2.17. The number of pyridine rings is 1. The van der Waals surface area contributed by atoms with Crippen molar-refractivity contribution in [2.45, 2.75) is 6.36 Å². The van der Waals surface area contributed by atoms with Gasteiger partial charge in [0.2, 0.25) is 11.5 Å². The molecule has 0 saturated heterocycles. The standard InChI is InChI=1S/C7H2F4N2O5/c8-3-2(18-7(9,10)11)1-12-4(6(14)15)5(3)13(16)17/h1H,(H,14,15). The molecule has 1 aromatic heterocycles. The van der Waals surface area contributed by atoms with E-state index >= 15 is 0 Å². The number of rotatable bonds is 3. The van der Waals surface area contributed by atoms with Crippen LogP contribution in [0.2, 0.25) is 0 Å². The highest BCUT2D eigenvalue weighted by Gasteiger charge is 2.37. The second kappa shape index (κ2) is 4.43. The van der Waals surface area contributed by atoms with E-state index in [1.807, 2.05) is 0 Å². The number of halogens is 4. The van der Waals surface area contributed by atoms with Gasteiger partial charge in [0, 0.05) is 0 Å². The van der Waals surface area contributed by atoms with Crippen LogP contribution in [-0.4, -0.2) is 27.3 Å². The maximum Gasteiger partial charge on any atom is 0.573 e. The summed E-state index contributed by atoms with van der Waals surface area (Å²) in [5, 5.41) is 18.9. The molecule has 0 saturated carbocycles. The second-order valence-corrected chi connectivity index (χ2v) is 2.74. The minimum atomic E-state index is -5.29. The molecular formula is C7H2F4N2O5. The fourth-order valence-corrected chi connectivity index (χ4v) is 0.981. The van der Waals surface area contributed by atoms with E-state index in [1.54, 1.807) is 0 Å². The van der Waals surface area contributed by atoms with E-state index in [1.165, 1.54) is 0 Å². The lowest BCUT2D eigenvalue weighted by molar-refractivity contribution is -0.388. The van der Waals surface area contributed by atoms with Crippen LogP contribution < -0.4 is 4.74 Å². The molecule has 11 heteroatoms. The quantitative estimate of drug-likeness (QED) is 0.509. The number of ether oxygens (including phenoxy) is 1. The van der Waals surface area contributed by atoms with E-state index < -0.39 is 40.2 Å². The number of carbonyl (C=O) groups is 1. The van der Waals surface area contributed by atoms with E-state index in [4.69, 9.17) is 5.11 Å². The Labute approximate surface area is 94.8 Å². The van der Waals surface area contributed by atoms with Gasteiger partial charge in [0.05, 0.1) is 11.1 Å². The van der Waals surface area contributed by atoms with Gasteiger partial charge in [-0.05, 0) is 0 Å². The zero-order valence-corrected chi connectivity index (χ0v) is 8.06. The molecule has 0 spiro atoms. The van der Waals surface area contributed by atoms with Crippen molar-refractivity contribution in [2.24, 2.45) is 0 Å². The van der Waals surface area contributed by atoms with Crippen LogP contribution in [0.5, 0.6) is 5.75 Å². The van der Waals surface area contributed by atoms with E-state index in [0.717, 1.165) is 0 Å². The lowest BCUT2D eigenvalue weighted by Crippen LogP contribution is -2.19. The molecule has 0 aliphatic heterocycles. The average molecular weight is 270 g/mol. The van der Waals surface area contributed by atoms with Gasteiger partial charge in [-0.3, -0.25) is 10.1 Å². The van der Waals surface area contributed by atoms with E-state index in [2.05, 4.69) is 9.72 Å². The molecule has 0 aliphatic rings. The van der Waals surface area contributed by atoms with Crippen molar-refractivity contribution in [1.29, 1.82) is 0 Å². The van der Waals surface area contributed by atoms with Gasteiger partial charge in [-0.2, -0.15) is 4.39 Å². The Morgan fingerprint density at radius 3 is 2.44 bits per heavy atom. The van der Waals surface area contributed by atoms with Gasteiger partial charge in [0.15, 0.2) is 5.75 Å². The zero-order valence-electron chi connectivity index (χ0n) is 8.06. The van der Waals surface area contributed by atoms with Gasteiger partial charge in [0.25, 0.3) is 0 Å². The molecule has 0 bridgehead atoms. The van der Waals surface area contributed by atoms with E-state index in [0.29, 0.717) is 0 Å². The van der Waals surface area contributed by atoms with Gasteiger partial charge in [0.1, 0.15) is 0 Å². The molecule has 0 aromatic carbocycles. The second-order valence-electron chi connectivity index (χ2n) is 2.74. The highest BCUT2D eigenvalue weighted by Crippen LogP contribution is 2.31. The number of alkyl halides is 3. The van der Waals surface area contributed by atoms with Crippen molar-refractivity contribution >= 4 is 11.7 Å². The van der Waals surface area contributed by atoms with Crippen LogP contribution in [-0.2, 0) is 0 Å². The Morgan fingerprint density at radius 1 is 1.50 bits per heavy atom. The summed E-state index contributed by atoms with van der Waals surface area (Å²) in [4.78, 5) is 22.2. The molecule has 0 amide bonds. The number of carboxylic acid groups (broad SMARTS) is 1. The molecule has 7 nitrogen and oxygen atoms in total. The van der Waals surface area contributed by atoms with Gasteiger partial charge in [-0.1, -0.05) is 0 Å². The molecular weight excluding hydrogens is 268 g/mol. The Hall–Kier alpha value is -2.46. The number of aromatic carboxylic acids is 1. The van der Waals surface area contributed by atoms with Crippen molar-refractivity contribution in [1.82, 2.24) is 4.98 Å². The van der Waals surface area contributed by atoms with Crippen molar-refractivity contribution in [3.8, 4) is 5.75 Å². The summed E-state index contributed by atoms with van der Waals surface area (Å²) in [6.45, 7) is 0. The van der Waals surface area contributed by atoms with Crippen molar-refractivity contribution in [3.05, 3.63) is 27.8 Å². The van der Waals surface area contributed by atoms with E-state index in [-0.39, 0.29) is 6.20 Å². The summed E-state index contributed by atoms with van der Waals surface area (Å²) in [6.07, 6.45) is -5.19. The minimum Gasteiger partial charge on any atom is -0.476 e. The zero-order chi connectivity index (χ0) is 14.1. The summed E-state index contributed by atoms with van der Waals surface area (Å²) < 4.78 is 51.9. The maximum atomic E-state index is 13.3.